The Morgan fingerprint density at radius 1 is 1.10 bits per heavy atom. The van der Waals surface area contributed by atoms with Crippen molar-refractivity contribution in [2.75, 3.05) is 14.2 Å². The highest BCUT2D eigenvalue weighted by atomic mass is 79.9. The van der Waals surface area contributed by atoms with E-state index < -0.39 is 0 Å². The van der Waals surface area contributed by atoms with E-state index in [2.05, 4.69) is 52.4 Å². The molecule has 2 aromatic rings. The summed E-state index contributed by atoms with van der Waals surface area (Å²) in [4.78, 5) is 0. The molecule has 21 heavy (non-hydrogen) atoms. The van der Waals surface area contributed by atoms with Gasteiger partial charge in [-0.3, -0.25) is 0 Å². The van der Waals surface area contributed by atoms with Crippen molar-refractivity contribution < 1.29 is 9.47 Å². The van der Waals surface area contributed by atoms with Gasteiger partial charge >= 0.3 is 0 Å². The smallest absolute Gasteiger partial charge is 0.133 e. The summed E-state index contributed by atoms with van der Waals surface area (Å²) in [6.45, 7) is 2.94. The summed E-state index contributed by atoms with van der Waals surface area (Å²) in [5, 5.41) is 3.51. The molecule has 112 valence electrons. The zero-order chi connectivity index (χ0) is 15.2. The summed E-state index contributed by atoms with van der Waals surface area (Å²) in [5.74, 6) is 1.73. The lowest BCUT2D eigenvalue weighted by atomic mass is 10.1. The molecule has 1 atom stereocenters. The third-order valence-electron chi connectivity index (χ3n) is 3.42. The number of hydrogen-bond acceptors (Lipinski definition) is 3. The maximum Gasteiger partial charge on any atom is 0.133 e. The van der Waals surface area contributed by atoms with Crippen LogP contribution in [-0.4, -0.2) is 14.2 Å². The molecule has 0 unspecified atom stereocenters. The van der Waals surface area contributed by atoms with Crippen molar-refractivity contribution in [1.82, 2.24) is 5.32 Å². The van der Waals surface area contributed by atoms with Crippen LogP contribution in [0.2, 0.25) is 0 Å². The van der Waals surface area contributed by atoms with E-state index in [4.69, 9.17) is 9.47 Å². The first kappa shape index (κ1) is 15.9. The van der Waals surface area contributed by atoms with Crippen LogP contribution in [-0.2, 0) is 6.54 Å². The topological polar surface area (TPSA) is 30.5 Å². The van der Waals surface area contributed by atoms with Crippen LogP contribution >= 0.6 is 15.9 Å². The second kappa shape index (κ2) is 7.48. The Hall–Kier alpha value is -1.52. The first-order valence-electron chi connectivity index (χ1n) is 6.83. The minimum atomic E-state index is 0.251. The van der Waals surface area contributed by atoms with Crippen molar-refractivity contribution in [1.29, 1.82) is 0 Å². The predicted octanol–water partition coefficient (Wildman–Crippen LogP) is 4.32. The minimum absolute atomic E-state index is 0.251. The first-order valence-corrected chi connectivity index (χ1v) is 7.63. The summed E-state index contributed by atoms with van der Waals surface area (Å²) < 4.78 is 11.5. The number of halogens is 1. The number of methoxy groups -OCH3 is 2. The zero-order valence-electron chi connectivity index (χ0n) is 12.5. The molecule has 0 saturated carbocycles. The number of hydrogen-bond donors (Lipinski definition) is 1. The van der Waals surface area contributed by atoms with Gasteiger partial charge in [0.05, 0.1) is 18.7 Å². The van der Waals surface area contributed by atoms with Crippen molar-refractivity contribution in [2.45, 2.75) is 19.5 Å². The highest BCUT2D eigenvalue weighted by Gasteiger charge is 2.07. The SMILES string of the molecule is COc1cccc([C@H](C)NCc2ccc(OC)c(Br)c2)c1. The molecule has 2 aromatic carbocycles. The van der Waals surface area contributed by atoms with Gasteiger partial charge in [0.25, 0.3) is 0 Å². The van der Waals surface area contributed by atoms with Gasteiger partial charge in [-0.25, -0.2) is 0 Å². The minimum Gasteiger partial charge on any atom is -0.497 e. The van der Waals surface area contributed by atoms with Crippen LogP contribution in [0.1, 0.15) is 24.1 Å². The van der Waals surface area contributed by atoms with Crippen LogP contribution in [0.15, 0.2) is 46.9 Å². The Kier molecular flexibility index (Phi) is 5.65. The van der Waals surface area contributed by atoms with Gasteiger partial charge in [0, 0.05) is 12.6 Å². The Morgan fingerprint density at radius 3 is 2.57 bits per heavy atom. The van der Waals surface area contributed by atoms with E-state index in [0.29, 0.717) is 0 Å². The maximum atomic E-state index is 5.26. The molecule has 0 fully saturated rings. The van der Waals surface area contributed by atoms with Crippen molar-refractivity contribution in [3.8, 4) is 11.5 Å². The molecule has 1 N–H and O–H groups in total. The molecule has 3 nitrogen and oxygen atoms in total. The van der Waals surface area contributed by atoms with Gasteiger partial charge in [-0.15, -0.1) is 0 Å². The van der Waals surface area contributed by atoms with Crippen molar-refractivity contribution in [3.63, 3.8) is 0 Å². The van der Waals surface area contributed by atoms with Gasteiger partial charge in [0.2, 0.25) is 0 Å². The molecule has 0 amide bonds. The molecule has 0 heterocycles. The fourth-order valence-electron chi connectivity index (χ4n) is 2.12. The molecule has 0 spiro atoms. The van der Waals surface area contributed by atoms with Gasteiger partial charge in [0.1, 0.15) is 11.5 Å². The summed E-state index contributed by atoms with van der Waals surface area (Å²) in [6.07, 6.45) is 0. The highest BCUT2D eigenvalue weighted by Crippen LogP contribution is 2.26. The molecular weight excluding hydrogens is 330 g/mol. The van der Waals surface area contributed by atoms with Gasteiger partial charge in [-0.2, -0.15) is 0 Å². The van der Waals surface area contributed by atoms with Gasteiger partial charge < -0.3 is 14.8 Å². The average molecular weight is 350 g/mol. The number of nitrogens with one attached hydrogen (secondary N) is 1. The largest absolute Gasteiger partial charge is 0.497 e. The normalized spacial score (nSPS) is 12.0. The maximum absolute atomic E-state index is 5.26. The third-order valence-corrected chi connectivity index (χ3v) is 4.04. The monoisotopic (exact) mass is 349 g/mol. The lowest BCUT2D eigenvalue weighted by molar-refractivity contribution is 0.411. The van der Waals surface area contributed by atoms with Crippen molar-refractivity contribution in [3.05, 3.63) is 58.1 Å². The number of rotatable bonds is 6. The standard InChI is InChI=1S/C17H20BrNO2/c1-12(14-5-4-6-15(10-14)20-2)19-11-13-7-8-17(21-3)16(18)9-13/h4-10,12,19H,11H2,1-3H3/t12-/m0/s1. The molecule has 0 radical (unpaired) electrons. The summed E-state index contributed by atoms with van der Waals surface area (Å²) in [7, 11) is 3.36. The lowest BCUT2D eigenvalue weighted by Crippen LogP contribution is -2.18. The second-order valence-electron chi connectivity index (χ2n) is 4.85. The van der Waals surface area contributed by atoms with Crippen LogP contribution in [0.25, 0.3) is 0 Å². The number of benzene rings is 2. The Morgan fingerprint density at radius 2 is 1.90 bits per heavy atom. The molecule has 0 aliphatic heterocycles. The molecule has 0 aromatic heterocycles. The van der Waals surface area contributed by atoms with Crippen LogP contribution in [0.4, 0.5) is 0 Å². The quantitative estimate of drug-likeness (QED) is 0.842. The first-order chi connectivity index (χ1) is 10.1. The second-order valence-corrected chi connectivity index (χ2v) is 5.70. The molecule has 2 rings (SSSR count). The van der Waals surface area contributed by atoms with Crippen LogP contribution in [0, 0.1) is 0 Å². The zero-order valence-corrected chi connectivity index (χ0v) is 14.1. The summed E-state index contributed by atoms with van der Waals surface area (Å²) in [5.41, 5.74) is 2.42. The molecule has 0 aliphatic rings. The molecular formula is C17H20BrNO2. The van der Waals surface area contributed by atoms with E-state index in [1.54, 1.807) is 14.2 Å². The van der Waals surface area contributed by atoms with E-state index >= 15 is 0 Å². The average Bonchev–Trinajstić information content (AvgIpc) is 2.52. The van der Waals surface area contributed by atoms with Gasteiger partial charge in [-0.05, 0) is 58.2 Å². The van der Waals surface area contributed by atoms with Crippen LogP contribution in [0.3, 0.4) is 0 Å². The van der Waals surface area contributed by atoms with Crippen LogP contribution in [0.5, 0.6) is 11.5 Å². The van der Waals surface area contributed by atoms with E-state index in [-0.39, 0.29) is 6.04 Å². The van der Waals surface area contributed by atoms with Gasteiger partial charge in [-0.1, -0.05) is 18.2 Å². The van der Waals surface area contributed by atoms with Crippen molar-refractivity contribution in [2.24, 2.45) is 0 Å². The molecule has 0 saturated heterocycles. The number of ether oxygens (including phenoxy) is 2. The Labute approximate surface area is 134 Å². The van der Waals surface area contributed by atoms with Crippen LogP contribution < -0.4 is 14.8 Å². The predicted molar refractivity (Wildman–Crippen MR) is 88.9 cm³/mol. The lowest BCUT2D eigenvalue weighted by Gasteiger charge is -2.15. The summed E-state index contributed by atoms with van der Waals surface area (Å²) >= 11 is 3.51. The van der Waals surface area contributed by atoms with E-state index in [1.807, 2.05) is 18.2 Å². The highest BCUT2D eigenvalue weighted by molar-refractivity contribution is 9.10. The van der Waals surface area contributed by atoms with E-state index in [1.165, 1.54) is 11.1 Å². The van der Waals surface area contributed by atoms with E-state index in [9.17, 15) is 0 Å². The molecule has 0 bridgehead atoms. The van der Waals surface area contributed by atoms with Gasteiger partial charge in [0.15, 0.2) is 0 Å². The third kappa shape index (κ3) is 4.22. The Balaban J connectivity index is 2.00. The fourth-order valence-corrected chi connectivity index (χ4v) is 2.71. The Bertz CT molecular complexity index is 601. The fraction of sp³-hybridized carbons (Fsp3) is 0.294. The molecule has 4 heteroatoms. The molecule has 0 aliphatic carbocycles. The summed E-state index contributed by atoms with van der Waals surface area (Å²) in [6, 6.07) is 14.5. The van der Waals surface area contributed by atoms with E-state index in [0.717, 1.165) is 22.5 Å². The van der Waals surface area contributed by atoms with Crippen molar-refractivity contribution >= 4 is 15.9 Å².